The van der Waals surface area contributed by atoms with Crippen molar-refractivity contribution in [3.05, 3.63) is 97.2 Å². The summed E-state index contributed by atoms with van der Waals surface area (Å²) in [6.45, 7) is 6.19. The molecule has 0 aliphatic heterocycles. The molecule has 0 heterocycles. The molecular formula is C56H95NO5. The predicted octanol–water partition coefficient (Wildman–Crippen LogP) is 15.3. The Bertz CT molecular complexity index is 1240. The molecule has 62 heavy (non-hydrogen) atoms. The third-order valence-corrected chi connectivity index (χ3v) is 11.0. The molecule has 0 aromatic heterocycles. The van der Waals surface area contributed by atoms with Crippen LogP contribution in [0.5, 0.6) is 0 Å². The molecule has 6 nitrogen and oxygen atoms in total. The van der Waals surface area contributed by atoms with Crippen LogP contribution in [-0.4, -0.2) is 46.9 Å². The summed E-state index contributed by atoms with van der Waals surface area (Å²) in [5, 5.41) is 23.7. The SMILES string of the molecule is CC/C=C/C=C/C=C\CCCCCCCC(=O)OC(/C=C/C/C=C/C/C=C/C/C=C/C/C=C/CC)CC(=O)NC(CO)C(O)CCCCCCCCCCCCCCCCCC. The Morgan fingerprint density at radius 1 is 0.516 bits per heavy atom. The number of aliphatic hydroxyl groups excluding tert-OH is 2. The summed E-state index contributed by atoms with van der Waals surface area (Å²) in [6.07, 6.45) is 65.0. The molecule has 0 fully saturated rings. The summed E-state index contributed by atoms with van der Waals surface area (Å²) in [6, 6.07) is -0.751. The summed E-state index contributed by atoms with van der Waals surface area (Å²) < 4.78 is 5.80. The smallest absolute Gasteiger partial charge is 0.306 e. The zero-order valence-corrected chi connectivity index (χ0v) is 40.2. The number of hydrogen-bond acceptors (Lipinski definition) is 5. The highest BCUT2D eigenvalue weighted by Crippen LogP contribution is 2.16. The number of unbranched alkanes of at least 4 members (excludes halogenated alkanes) is 20. The van der Waals surface area contributed by atoms with Gasteiger partial charge in [0, 0.05) is 6.42 Å². The topological polar surface area (TPSA) is 95.9 Å². The van der Waals surface area contributed by atoms with Gasteiger partial charge in [0.2, 0.25) is 5.91 Å². The van der Waals surface area contributed by atoms with Crippen molar-refractivity contribution in [1.82, 2.24) is 5.32 Å². The van der Waals surface area contributed by atoms with Crippen LogP contribution < -0.4 is 5.32 Å². The fourth-order valence-corrected chi connectivity index (χ4v) is 7.16. The van der Waals surface area contributed by atoms with Crippen molar-refractivity contribution < 1.29 is 24.5 Å². The number of nitrogens with one attached hydrogen (secondary N) is 1. The van der Waals surface area contributed by atoms with E-state index in [0.29, 0.717) is 19.3 Å². The molecule has 6 heteroatoms. The first-order valence-electron chi connectivity index (χ1n) is 25.5. The van der Waals surface area contributed by atoms with E-state index in [-0.39, 0.29) is 24.9 Å². The van der Waals surface area contributed by atoms with Crippen molar-refractivity contribution in [2.45, 2.75) is 238 Å². The van der Waals surface area contributed by atoms with Crippen LogP contribution in [-0.2, 0) is 14.3 Å². The highest BCUT2D eigenvalue weighted by Gasteiger charge is 2.23. The second-order valence-corrected chi connectivity index (χ2v) is 16.9. The Hall–Kier alpha value is -3.22. The second kappa shape index (κ2) is 48.8. The van der Waals surface area contributed by atoms with E-state index in [2.05, 4.69) is 111 Å². The van der Waals surface area contributed by atoms with E-state index in [0.717, 1.165) is 89.9 Å². The van der Waals surface area contributed by atoms with Crippen molar-refractivity contribution in [1.29, 1.82) is 0 Å². The second-order valence-electron chi connectivity index (χ2n) is 16.9. The molecule has 3 N–H and O–H groups in total. The van der Waals surface area contributed by atoms with Crippen molar-refractivity contribution in [2.24, 2.45) is 0 Å². The molecule has 0 aromatic rings. The van der Waals surface area contributed by atoms with E-state index >= 15 is 0 Å². The minimum Gasteiger partial charge on any atom is -0.458 e. The fourth-order valence-electron chi connectivity index (χ4n) is 7.16. The normalized spacial score (nSPS) is 14.1. The third kappa shape index (κ3) is 43.4. The zero-order chi connectivity index (χ0) is 45.2. The summed E-state index contributed by atoms with van der Waals surface area (Å²) in [7, 11) is 0. The van der Waals surface area contributed by atoms with Crippen LogP contribution in [0.2, 0.25) is 0 Å². The number of allylic oxidation sites excluding steroid dienone is 15. The average molecular weight is 862 g/mol. The molecule has 354 valence electrons. The molecule has 0 spiro atoms. The molecule has 0 aliphatic carbocycles. The first-order valence-corrected chi connectivity index (χ1v) is 25.5. The lowest BCUT2D eigenvalue weighted by Crippen LogP contribution is -2.46. The standard InChI is InChI=1S/C56H95NO5/c1-4-7-10-13-16-19-22-25-27-28-31-33-36-39-42-45-48-54(59)53(51-58)57-55(60)50-52(47-44-41-38-35-32-30-26-23-20-17-14-11-8-5-2)62-56(61)49-46-43-40-37-34-29-24-21-18-15-12-9-6-3/h8-9,11-12,15,17-18,20-21,24,26,30,35,38,44,47,52-54,58-59H,4-7,10,13-14,16,19,22-23,25,27-29,31-34,36-37,39-43,45-46,48-51H2,1-3H3,(H,57,60)/b11-8+,12-9+,18-15+,20-17+,24-21-,30-26+,38-35+,47-44+. The Morgan fingerprint density at radius 2 is 0.968 bits per heavy atom. The first kappa shape index (κ1) is 58.8. The van der Waals surface area contributed by atoms with Crippen molar-refractivity contribution in [3.8, 4) is 0 Å². The van der Waals surface area contributed by atoms with Gasteiger partial charge in [0.1, 0.15) is 6.10 Å². The van der Waals surface area contributed by atoms with E-state index < -0.39 is 18.2 Å². The molecule has 0 radical (unpaired) electrons. The van der Waals surface area contributed by atoms with Crippen molar-refractivity contribution >= 4 is 11.9 Å². The minimum absolute atomic E-state index is 0.0592. The first-order chi connectivity index (χ1) is 30.5. The van der Waals surface area contributed by atoms with Gasteiger partial charge in [0.05, 0.1) is 25.2 Å². The average Bonchev–Trinajstić information content (AvgIpc) is 3.26. The van der Waals surface area contributed by atoms with Crippen molar-refractivity contribution in [2.75, 3.05) is 6.61 Å². The molecule has 0 aliphatic rings. The summed E-state index contributed by atoms with van der Waals surface area (Å²) in [5.74, 6) is -0.659. The number of hydrogen-bond donors (Lipinski definition) is 3. The largest absolute Gasteiger partial charge is 0.458 e. The van der Waals surface area contributed by atoms with Gasteiger partial charge in [0.25, 0.3) is 0 Å². The number of carbonyl (C=O) groups is 2. The Morgan fingerprint density at radius 3 is 1.48 bits per heavy atom. The van der Waals surface area contributed by atoms with Gasteiger partial charge in [-0.1, -0.05) is 234 Å². The summed E-state index contributed by atoms with van der Waals surface area (Å²) in [4.78, 5) is 26.0. The maximum atomic E-state index is 13.2. The maximum Gasteiger partial charge on any atom is 0.306 e. The van der Waals surface area contributed by atoms with Crippen molar-refractivity contribution in [3.63, 3.8) is 0 Å². The number of ether oxygens (including phenoxy) is 1. The van der Waals surface area contributed by atoms with Crippen LogP contribution >= 0.6 is 0 Å². The van der Waals surface area contributed by atoms with Gasteiger partial charge >= 0.3 is 5.97 Å². The molecule has 3 atom stereocenters. The molecule has 0 aromatic carbocycles. The minimum atomic E-state index is -0.828. The van der Waals surface area contributed by atoms with E-state index in [9.17, 15) is 19.8 Å². The molecule has 0 saturated heterocycles. The van der Waals surface area contributed by atoms with Crippen LogP contribution in [0.4, 0.5) is 0 Å². The van der Waals surface area contributed by atoms with Crippen LogP contribution in [0, 0.1) is 0 Å². The number of rotatable bonds is 44. The van der Waals surface area contributed by atoms with Gasteiger partial charge in [-0.3, -0.25) is 9.59 Å². The Labute approximate surface area is 382 Å². The van der Waals surface area contributed by atoms with E-state index in [1.165, 1.54) is 83.5 Å². The van der Waals surface area contributed by atoms with Gasteiger partial charge in [-0.05, 0) is 70.3 Å². The Balaban J connectivity index is 4.72. The van der Waals surface area contributed by atoms with Crippen LogP contribution in [0.1, 0.15) is 220 Å². The van der Waals surface area contributed by atoms with Crippen LogP contribution in [0.3, 0.4) is 0 Å². The zero-order valence-electron chi connectivity index (χ0n) is 40.2. The van der Waals surface area contributed by atoms with Gasteiger partial charge in [-0.25, -0.2) is 0 Å². The lowest BCUT2D eigenvalue weighted by Gasteiger charge is -2.23. The number of esters is 1. The van der Waals surface area contributed by atoms with Gasteiger partial charge in [-0.15, -0.1) is 0 Å². The molecule has 1 amide bonds. The predicted molar refractivity (Wildman–Crippen MR) is 268 cm³/mol. The molecule has 0 bridgehead atoms. The molecule has 0 rings (SSSR count). The van der Waals surface area contributed by atoms with E-state index in [4.69, 9.17) is 4.74 Å². The Kier molecular flexibility index (Phi) is 46.3. The van der Waals surface area contributed by atoms with Crippen LogP contribution in [0.15, 0.2) is 97.2 Å². The number of carbonyl (C=O) groups excluding carboxylic acids is 2. The highest BCUT2D eigenvalue weighted by molar-refractivity contribution is 5.78. The van der Waals surface area contributed by atoms with Gasteiger partial charge in [0.15, 0.2) is 0 Å². The molecule has 3 unspecified atom stereocenters. The van der Waals surface area contributed by atoms with E-state index in [1.54, 1.807) is 6.08 Å². The summed E-state index contributed by atoms with van der Waals surface area (Å²) >= 11 is 0. The highest BCUT2D eigenvalue weighted by atomic mass is 16.5. The summed E-state index contributed by atoms with van der Waals surface area (Å²) in [5.41, 5.74) is 0. The van der Waals surface area contributed by atoms with Gasteiger partial charge < -0.3 is 20.3 Å². The van der Waals surface area contributed by atoms with Gasteiger partial charge in [-0.2, -0.15) is 0 Å². The maximum absolute atomic E-state index is 13.2. The molecular weight excluding hydrogens is 767 g/mol. The van der Waals surface area contributed by atoms with E-state index in [1.807, 2.05) is 6.08 Å². The number of aliphatic hydroxyl groups is 2. The lowest BCUT2D eigenvalue weighted by molar-refractivity contribution is -0.148. The quantitative estimate of drug-likeness (QED) is 0.0245. The molecule has 0 saturated carbocycles. The van der Waals surface area contributed by atoms with Crippen LogP contribution in [0.25, 0.3) is 0 Å². The third-order valence-electron chi connectivity index (χ3n) is 11.0. The monoisotopic (exact) mass is 862 g/mol. The fraction of sp³-hybridized carbons (Fsp3) is 0.679. The lowest BCUT2D eigenvalue weighted by atomic mass is 10.0. The number of amides is 1.